The predicted octanol–water partition coefficient (Wildman–Crippen LogP) is 4.79. The number of benzene rings is 1. The molecule has 0 radical (unpaired) electrons. The number of aromatic amines is 1. The summed E-state index contributed by atoms with van der Waals surface area (Å²) in [6.07, 6.45) is 0.488. The van der Waals surface area contributed by atoms with E-state index in [1.165, 1.54) is 31.1 Å². The molecule has 3 aromatic rings. The number of halogens is 3. The van der Waals surface area contributed by atoms with E-state index in [-0.39, 0.29) is 53.9 Å². The molecular formula is C27H31ClF2N6O3. The highest BCUT2D eigenvalue weighted by Crippen LogP contribution is 2.39. The van der Waals surface area contributed by atoms with Crippen LogP contribution in [0.4, 0.5) is 20.4 Å². The van der Waals surface area contributed by atoms with Crippen LogP contribution in [0.15, 0.2) is 30.3 Å². The van der Waals surface area contributed by atoms with E-state index in [2.05, 4.69) is 20.5 Å². The highest BCUT2D eigenvalue weighted by molar-refractivity contribution is 6.30. The molecule has 1 aliphatic rings. The van der Waals surface area contributed by atoms with Gasteiger partial charge in [-0.2, -0.15) is 5.10 Å². The molecule has 2 aromatic heterocycles. The summed E-state index contributed by atoms with van der Waals surface area (Å²) >= 11 is 5.93. The van der Waals surface area contributed by atoms with Gasteiger partial charge in [0.05, 0.1) is 16.0 Å². The lowest BCUT2D eigenvalue weighted by atomic mass is 9.72. The Balaban J connectivity index is 1.63. The predicted molar refractivity (Wildman–Crippen MR) is 143 cm³/mol. The summed E-state index contributed by atoms with van der Waals surface area (Å²) in [6, 6.07) is 7.59. The molecule has 0 aliphatic carbocycles. The second-order valence-corrected chi connectivity index (χ2v) is 10.7. The van der Waals surface area contributed by atoms with Gasteiger partial charge >= 0.3 is 5.97 Å². The van der Waals surface area contributed by atoms with E-state index in [1.54, 1.807) is 25.1 Å². The van der Waals surface area contributed by atoms with Gasteiger partial charge in [-0.05, 0) is 45.4 Å². The molecule has 1 aliphatic heterocycles. The van der Waals surface area contributed by atoms with E-state index < -0.39 is 28.9 Å². The number of aromatic nitrogens is 3. The van der Waals surface area contributed by atoms with Crippen LogP contribution in [0.5, 0.6) is 0 Å². The van der Waals surface area contributed by atoms with Gasteiger partial charge < -0.3 is 15.3 Å². The number of pyridine rings is 1. The number of piperidine rings is 1. The minimum atomic E-state index is -1.22. The van der Waals surface area contributed by atoms with Crippen molar-refractivity contribution in [2.24, 2.45) is 5.41 Å². The number of hydrogen-bond acceptors (Lipinski definition) is 6. The molecule has 4 rings (SSSR count). The zero-order chi connectivity index (χ0) is 28.5. The molecule has 9 nitrogen and oxygen atoms in total. The standard InChI is InChI=1S/C27H31ClF2N6O3/c1-15-10-21(34-33-15)32-24-23(30)19(25(37)35(3)4)11-18(31-24)13-27(26(38)39)8-9-36(16(2)12-27)14-17-6-5-7-20(28)22(17)29/h5-7,10-11,16H,8-9,12-14H2,1-4H3,(H,38,39)(H2,31,32,33,34)/t16-,27-/m1/s1. The van der Waals surface area contributed by atoms with Crippen LogP contribution < -0.4 is 5.32 Å². The van der Waals surface area contributed by atoms with Crippen molar-refractivity contribution in [1.29, 1.82) is 0 Å². The van der Waals surface area contributed by atoms with Crippen LogP contribution in [0.3, 0.4) is 0 Å². The highest BCUT2D eigenvalue weighted by atomic mass is 35.5. The molecule has 1 fully saturated rings. The van der Waals surface area contributed by atoms with Gasteiger partial charge in [0.1, 0.15) is 5.82 Å². The zero-order valence-electron chi connectivity index (χ0n) is 22.2. The molecule has 208 valence electrons. The number of carboxylic acids is 1. The number of nitrogens with zero attached hydrogens (tertiary/aromatic N) is 4. The van der Waals surface area contributed by atoms with Crippen molar-refractivity contribution in [2.45, 2.75) is 45.7 Å². The van der Waals surface area contributed by atoms with Crippen molar-refractivity contribution in [3.05, 3.63) is 69.5 Å². The van der Waals surface area contributed by atoms with Gasteiger partial charge in [-0.15, -0.1) is 0 Å². The van der Waals surface area contributed by atoms with Crippen LogP contribution in [0.25, 0.3) is 0 Å². The molecule has 1 saturated heterocycles. The number of carboxylic acid groups (broad SMARTS) is 1. The first-order chi connectivity index (χ1) is 18.4. The first-order valence-corrected chi connectivity index (χ1v) is 12.9. The minimum Gasteiger partial charge on any atom is -0.481 e. The quantitative estimate of drug-likeness (QED) is 0.363. The molecule has 2 atom stereocenters. The molecular weight excluding hydrogens is 530 g/mol. The normalized spacial score (nSPS) is 19.6. The molecule has 0 bridgehead atoms. The monoisotopic (exact) mass is 560 g/mol. The number of aryl methyl sites for hydroxylation is 1. The van der Waals surface area contributed by atoms with Gasteiger partial charge in [-0.3, -0.25) is 19.6 Å². The summed E-state index contributed by atoms with van der Waals surface area (Å²) in [5, 5.41) is 20.0. The lowest BCUT2D eigenvalue weighted by molar-refractivity contribution is -0.153. The Morgan fingerprint density at radius 2 is 2.03 bits per heavy atom. The number of nitrogens with one attached hydrogen (secondary N) is 2. The van der Waals surface area contributed by atoms with E-state index in [9.17, 15) is 19.1 Å². The number of rotatable bonds is 8. The van der Waals surface area contributed by atoms with E-state index in [0.717, 1.165) is 5.69 Å². The Morgan fingerprint density at radius 1 is 1.28 bits per heavy atom. The van der Waals surface area contributed by atoms with Crippen LogP contribution in [-0.4, -0.2) is 68.6 Å². The lowest BCUT2D eigenvalue weighted by Crippen LogP contribution is -2.49. The number of hydrogen-bond donors (Lipinski definition) is 3. The maximum atomic E-state index is 15.4. The van der Waals surface area contributed by atoms with Gasteiger partial charge in [-0.25, -0.2) is 13.8 Å². The number of likely N-dealkylation sites (tertiary alicyclic amines) is 1. The lowest BCUT2D eigenvalue weighted by Gasteiger charge is -2.43. The molecule has 0 spiro atoms. The maximum absolute atomic E-state index is 15.4. The van der Waals surface area contributed by atoms with Gasteiger partial charge in [0.2, 0.25) is 0 Å². The first-order valence-electron chi connectivity index (χ1n) is 12.5. The third-order valence-corrected chi connectivity index (χ3v) is 7.46. The summed E-state index contributed by atoms with van der Waals surface area (Å²) in [6.45, 7) is 4.36. The number of amides is 1. The van der Waals surface area contributed by atoms with Crippen LogP contribution in [-0.2, 0) is 17.8 Å². The smallest absolute Gasteiger partial charge is 0.310 e. The van der Waals surface area contributed by atoms with Crippen molar-refractivity contribution in [1.82, 2.24) is 25.0 Å². The number of carbonyl (C=O) groups is 2. The number of H-pyrrole nitrogens is 1. The number of carbonyl (C=O) groups excluding carboxylic acids is 1. The summed E-state index contributed by atoms with van der Waals surface area (Å²) in [4.78, 5) is 33.1. The molecule has 0 unspecified atom stereocenters. The van der Waals surface area contributed by atoms with Crippen LogP contribution in [0.1, 0.15) is 47.1 Å². The largest absolute Gasteiger partial charge is 0.481 e. The van der Waals surface area contributed by atoms with Crippen molar-refractivity contribution in [3.63, 3.8) is 0 Å². The van der Waals surface area contributed by atoms with Gasteiger partial charge in [-0.1, -0.05) is 23.7 Å². The van der Waals surface area contributed by atoms with Crippen LogP contribution in [0.2, 0.25) is 5.02 Å². The van der Waals surface area contributed by atoms with E-state index in [1.807, 2.05) is 11.8 Å². The third-order valence-electron chi connectivity index (χ3n) is 7.16. The summed E-state index contributed by atoms with van der Waals surface area (Å²) < 4.78 is 29.9. The fourth-order valence-electron chi connectivity index (χ4n) is 5.03. The Morgan fingerprint density at radius 3 is 2.64 bits per heavy atom. The van der Waals surface area contributed by atoms with Crippen molar-refractivity contribution < 1.29 is 23.5 Å². The molecule has 12 heteroatoms. The number of anilines is 2. The summed E-state index contributed by atoms with van der Waals surface area (Å²) in [5.41, 5.74) is 0.00428. The molecule has 3 heterocycles. The Labute approximate surface area is 230 Å². The average Bonchev–Trinajstić information content (AvgIpc) is 3.29. The van der Waals surface area contributed by atoms with Gasteiger partial charge in [0.15, 0.2) is 17.5 Å². The fraction of sp³-hybridized carbons (Fsp3) is 0.407. The van der Waals surface area contributed by atoms with Gasteiger partial charge in [0.25, 0.3) is 5.91 Å². The fourth-order valence-corrected chi connectivity index (χ4v) is 5.23. The van der Waals surface area contributed by atoms with E-state index in [0.29, 0.717) is 17.9 Å². The van der Waals surface area contributed by atoms with Crippen molar-refractivity contribution >= 4 is 35.1 Å². The van der Waals surface area contributed by atoms with E-state index >= 15 is 4.39 Å². The molecule has 0 saturated carbocycles. The maximum Gasteiger partial charge on any atom is 0.310 e. The van der Waals surface area contributed by atoms with Crippen molar-refractivity contribution in [3.8, 4) is 0 Å². The highest BCUT2D eigenvalue weighted by Gasteiger charge is 2.45. The topological polar surface area (TPSA) is 114 Å². The van der Waals surface area contributed by atoms with Crippen LogP contribution >= 0.6 is 11.6 Å². The molecule has 39 heavy (non-hydrogen) atoms. The Hall–Kier alpha value is -3.57. The first kappa shape index (κ1) is 28.4. The van der Waals surface area contributed by atoms with Gasteiger partial charge in [0, 0.05) is 56.1 Å². The minimum absolute atomic E-state index is 0.0195. The summed E-state index contributed by atoms with van der Waals surface area (Å²) in [7, 11) is 3.01. The third kappa shape index (κ3) is 6.04. The number of aliphatic carboxylic acids is 1. The molecule has 1 amide bonds. The SMILES string of the molecule is Cc1cc(Nc2nc(C[C@@]3(C(=O)O)CCN(Cc4cccc(Cl)c4F)[C@H](C)C3)cc(C(=O)N(C)C)c2F)n[nH]1. The Kier molecular flexibility index (Phi) is 8.22. The second kappa shape index (κ2) is 11.3. The zero-order valence-corrected chi connectivity index (χ0v) is 22.9. The second-order valence-electron chi connectivity index (χ2n) is 10.3. The summed E-state index contributed by atoms with van der Waals surface area (Å²) in [5.74, 6) is -2.83. The van der Waals surface area contributed by atoms with Crippen molar-refractivity contribution in [2.75, 3.05) is 26.0 Å². The van der Waals surface area contributed by atoms with E-state index in [4.69, 9.17) is 11.6 Å². The Bertz CT molecular complexity index is 1400. The molecule has 1 aromatic carbocycles. The molecule has 3 N–H and O–H groups in total. The van der Waals surface area contributed by atoms with Crippen LogP contribution in [0, 0.1) is 24.0 Å². The average molecular weight is 561 g/mol.